The number of amides is 1. The third-order valence-corrected chi connectivity index (χ3v) is 7.17. The lowest BCUT2D eigenvalue weighted by Crippen LogP contribution is -2.43. The number of nitrogens with one attached hydrogen (secondary N) is 1. The second kappa shape index (κ2) is 11.4. The summed E-state index contributed by atoms with van der Waals surface area (Å²) in [6.07, 6.45) is 5.67. The number of unbranched alkanes of at least 4 members (excludes halogenated alkanes) is 1. The molecule has 0 bridgehead atoms. The highest BCUT2D eigenvalue weighted by Crippen LogP contribution is 2.29. The monoisotopic (exact) mass is 474 g/mol. The lowest BCUT2D eigenvalue weighted by atomic mass is 9.98. The summed E-state index contributed by atoms with van der Waals surface area (Å²) >= 11 is 0. The van der Waals surface area contributed by atoms with Gasteiger partial charge in [-0.05, 0) is 48.2 Å². The fourth-order valence-electron chi connectivity index (χ4n) is 3.84. The second-order valence-electron chi connectivity index (χ2n) is 8.22. The van der Waals surface area contributed by atoms with Gasteiger partial charge in [0.25, 0.3) is 0 Å². The third-order valence-electron chi connectivity index (χ3n) is 5.65. The topological polar surface area (TPSA) is 75.7 Å². The van der Waals surface area contributed by atoms with Crippen LogP contribution in [0.3, 0.4) is 0 Å². The van der Waals surface area contributed by atoms with Crippen LogP contribution in [0.4, 0.5) is 4.39 Å². The van der Waals surface area contributed by atoms with Crippen LogP contribution in [-0.2, 0) is 21.4 Å². The molecule has 1 aliphatic rings. The van der Waals surface area contributed by atoms with E-state index in [1.165, 1.54) is 12.1 Å². The minimum Gasteiger partial charge on any atom is -0.497 e. The number of carbonyl (C=O) groups excluding carboxylic acids is 1. The van der Waals surface area contributed by atoms with Crippen LogP contribution in [0.5, 0.6) is 5.75 Å². The molecule has 1 heterocycles. The molecule has 2 aromatic rings. The van der Waals surface area contributed by atoms with E-state index in [0.717, 1.165) is 17.5 Å². The summed E-state index contributed by atoms with van der Waals surface area (Å²) < 4.78 is 46.2. The summed E-state index contributed by atoms with van der Waals surface area (Å²) in [4.78, 5) is 15.1. The molecule has 2 aromatic carbocycles. The fraction of sp³-hybridized carbons (Fsp3) is 0.400. The van der Waals surface area contributed by atoms with Gasteiger partial charge in [0, 0.05) is 19.0 Å². The van der Waals surface area contributed by atoms with Gasteiger partial charge >= 0.3 is 0 Å². The normalized spacial score (nSPS) is 20.2. The van der Waals surface area contributed by atoms with Crippen LogP contribution in [0.1, 0.15) is 49.8 Å². The SMILES string of the molecule is CCCCS(=O)(=O)N[C@H]1C/C=C\[C@H](c2ccc(OC)cc2)N(Cc2ccc(F)cc2)C(=O)C1. The van der Waals surface area contributed by atoms with E-state index in [2.05, 4.69) is 4.72 Å². The third kappa shape index (κ3) is 7.14. The van der Waals surface area contributed by atoms with Crippen molar-refractivity contribution in [3.63, 3.8) is 0 Å². The Morgan fingerprint density at radius 2 is 1.82 bits per heavy atom. The molecule has 0 radical (unpaired) electrons. The van der Waals surface area contributed by atoms with E-state index in [1.807, 2.05) is 43.3 Å². The zero-order valence-corrected chi connectivity index (χ0v) is 19.9. The largest absolute Gasteiger partial charge is 0.497 e. The molecular formula is C25H31FN2O4S. The van der Waals surface area contributed by atoms with Crippen molar-refractivity contribution < 1.29 is 22.3 Å². The lowest BCUT2D eigenvalue weighted by Gasteiger charge is -2.33. The van der Waals surface area contributed by atoms with Crippen molar-refractivity contribution in [1.29, 1.82) is 0 Å². The zero-order valence-electron chi connectivity index (χ0n) is 19.0. The number of nitrogens with zero attached hydrogens (tertiary/aromatic N) is 1. The summed E-state index contributed by atoms with van der Waals surface area (Å²) in [5, 5.41) is 0. The van der Waals surface area contributed by atoms with E-state index in [0.29, 0.717) is 18.6 Å². The fourth-order valence-corrected chi connectivity index (χ4v) is 5.32. The van der Waals surface area contributed by atoms with Crippen molar-refractivity contribution in [2.24, 2.45) is 0 Å². The lowest BCUT2D eigenvalue weighted by molar-refractivity contribution is -0.134. The average Bonchev–Trinajstić information content (AvgIpc) is 2.79. The smallest absolute Gasteiger partial charge is 0.225 e. The van der Waals surface area contributed by atoms with Gasteiger partial charge in [0.05, 0.1) is 18.9 Å². The molecule has 1 N–H and O–H groups in total. The van der Waals surface area contributed by atoms with Gasteiger partial charge in [0.1, 0.15) is 11.6 Å². The number of methoxy groups -OCH3 is 1. The molecule has 0 fully saturated rings. The quantitative estimate of drug-likeness (QED) is 0.549. The highest BCUT2D eigenvalue weighted by Gasteiger charge is 2.29. The molecule has 8 heteroatoms. The van der Waals surface area contributed by atoms with Crippen LogP contribution in [0, 0.1) is 5.82 Å². The van der Waals surface area contributed by atoms with Gasteiger partial charge in [0.2, 0.25) is 15.9 Å². The number of hydrogen-bond acceptors (Lipinski definition) is 4. The number of ether oxygens (including phenoxy) is 1. The standard InChI is InChI=1S/C25H31FN2O4S/c1-3-4-16-33(30,31)27-22-6-5-7-24(20-10-14-23(32-2)15-11-20)28(25(29)17-22)18-19-8-12-21(26)13-9-19/h5,7-15,22,24,27H,3-4,6,16-18H2,1-2H3/b7-5-/t22-,24+/m0/s1. The van der Waals surface area contributed by atoms with Crippen molar-refractivity contribution >= 4 is 15.9 Å². The van der Waals surface area contributed by atoms with Crippen molar-refractivity contribution in [1.82, 2.24) is 9.62 Å². The Morgan fingerprint density at radius 1 is 1.12 bits per heavy atom. The Kier molecular flexibility index (Phi) is 8.63. The van der Waals surface area contributed by atoms with Gasteiger partial charge in [-0.25, -0.2) is 17.5 Å². The maximum absolute atomic E-state index is 13.4. The van der Waals surface area contributed by atoms with Gasteiger partial charge in [-0.15, -0.1) is 0 Å². The number of sulfonamides is 1. The zero-order chi connectivity index (χ0) is 23.8. The molecule has 3 rings (SSSR count). The number of halogens is 1. The van der Waals surface area contributed by atoms with E-state index in [4.69, 9.17) is 4.74 Å². The van der Waals surface area contributed by atoms with E-state index in [9.17, 15) is 17.6 Å². The maximum Gasteiger partial charge on any atom is 0.225 e. The van der Waals surface area contributed by atoms with E-state index < -0.39 is 16.1 Å². The summed E-state index contributed by atoms with van der Waals surface area (Å²) in [5.41, 5.74) is 1.70. The first-order valence-electron chi connectivity index (χ1n) is 11.2. The summed E-state index contributed by atoms with van der Waals surface area (Å²) in [6.45, 7) is 2.21. The molecule has 0 spiro atoms. The number of benzene rings is 2. The number of hydrogen-bond donors (Lipinski definition) is 1. The summed E-state index contributed by atoms with van der Waals surface area (Å²) in [6, 6.07) is 12.7. The first-order chi connectivity index (χ1) is 15.8. The highest BCUT2D eigenvalue weighted by atomic mass is 32.2. The Morgan fingerprint density at radius 3 is 2.45 bits per heavy atom. The maximum atomic E-state index is 13.4. The van der Waals surface area contributed by atoms with Crippen LogP contribution in [0.25, 0.3) is 0 Å². The summed E-state index contributed by atoms with van der Waals surface area (Å²) in [5.74, 6) is 0.246. The van der Waals surface area contributed by atoms with Gasteiger partial charge in [-0.2, -0.15) is 0 Å². The number of carbonyl (C=O) groups is 1. The minimum atomic E-state index is -3.46. The number of rotatable bonds is 9. The molecule has 0 aliphatic carbocycles. The molecule has 0 unspecified atom stereocenters. The average molecular weight is 475 g/mol. The Balaban J connectivity index is 1.89. The van der Waals surface area contributed by atoms with Crippen LogP contribution < -0.4 is 9.46 Å². The minimum absolute atomic E-state index is 0.0452. The second-order valence-corrected chi connectivity index (χ2v) is 10.1. The van der Waals surface area contributed by atoms with Crippen LogP contribution >= 0.6 is 0 Å². The van der Waals surface area contributed by atoms with E-state index in [1.54, 1.807) is 24.1 Å². The predicted octanol–water partition coefficient (Wildman–Crippen LogP) is 4.34. The Labute approximate surface area is 195 Å². The van der Waals surface area contributed by atoms with Gasteiger partial charge in [-0.1, -0.05) is 49.8 Å². The van der Waals surface area contributed by atoms with Gasteiger partial charge in [-0.3, -0.25) is 4.79 Å². The van der Waals surface area contributed by atoms with Crippen molar-refractivity contribution in [3.05, 3.63) is 77.6 Å². The predicted molar refractivity (Wildman–Crippen MR) is 127 cm³/mol. The van der Waals surface area contributed by atoms with E-state index >= 15 is 0 Å². The van der Waals surface area contributed by atoms with Crippen LogP contribution in [0.2, 0.25) is 0 Å². The molecule has 0 saturated heterocycles. The first kappa shape index (κ1) is 24.9. The summed E-state index contributed by atoms with van der Waals surface area (Å²) in [7, 11) is -1.87. The van der Waals surface area contributed by atoms with E-state index in [-0.39, 0.29) is 36.5 Å². The Hall–Kier alpha value is -2.71. The molecule has 178 valence electrons. The molecule has 6 nitrogen and oxygen atoms in total. The van der Waals surface area contributed by atoms with Gasteiger partial charge < -0.3 is 9.64 Å². The van der Waals surface area contributed by atoms with Crippen molar-refractivity contribution in [2.45, 2.75) is 51.2 Å². The molecule has 1 aliphatic heterocycles. The Bertz CT molecular complexity index is 1050. The van der Waals surface area contributed by atoms with Crippen molar-refractivity contribution in [3.8, 4) is 5.75 Å². The van der Waals surface area contributed by atoms with Crippen molar-refractivity contribution in [2.75, 3.05) is 12.9 Å². The molecule has 33 heavy (non-hydrogen) atoms. The molecule has 1 amide bonds. The molecular weight excluding hydrogens is 443 g/mol. The van der Waals surface area contributed by atoms with Gasteiger partial charge in [0.15, 0.2) is 0 Å². The molecule has 2 atom stereocenters. The molecule has 0 aromatic heterocycles. The van der Waals surface area contributed by atoms with Crippen LogP contribution in [-0.4, -0.2) is 38.1 Å². The molecule has 0 saturated carbocycles. The highest BCUT2D eigenvalue weighted by molar-refractivity contribution is 7.89. The van der Waals surface area contributed by atoms with Crippen LogP contribution in [0.15, 0.2) is 60.7 Å². The first-order valence-corrected chi connectivity index (χ1v) is 12.8.